The summed E-state index contributed by atoms with van der Waals surface area (Å²) in [4.78, 5) is 13.4. The first-order valence-electron chi connectivity index (χ1n) is 36.5. The van der Waals surface area contributed by atoms with Crippen molar-refractivity contribution in [3.05, 3.63) is 60.8 Å². The molecule has 3 saturated heterocycles. The largest absolute Gasteiger partial charge is 0.394 e. The smallest absolute Gasteiger partial charge is 0.220 e. The minimum atomic E-state index is -1.98. The molecule has 19 heteroatoms. The minimum Gasteiger partial charge on any atom is -0.394 e. The second-order valence-corrected chi connectivity index (χ2v) is 26.0. The van der Waals surface area contributed by atoms with Crippen molar-refractivity contribution in [2.24, 2.45) is 0 Å². The van der Waals surface area contributed by atoms with E-state index in [1.165, 1.54) is 141 Å². The number of hydrogen-bond acceptors (Lipinski definition) is 18. The Morgan fingerprint density at radius 3 is 1.17 bits per heavy atom. The average Bonchev–Trinajstić information content (AvgIpc) is 0.838. The van der Waals surface area contributed by atoms with E-state index in [1.54, 1.807) is 0 Å². The Bertz CT molecular complexity index is 1900. The lowest BCUT2D eigenvalue weighted by atomic mass is 9.96. The maximum Gasteiger partial charge on any atom is 0.220 e. The molecule has 92 heavy (non-hydrogen) atoms. The van der Waals surface area contributed by atoms with Crippen LogP contribution in [0.2, 0.25) is 0 Å². The highest BCUT2D eigenvalue weighted by molar-refractivity contribution is 5.76. The zero-order valence-corrected chi connectivity index (χ0v) is 56.8. The van der Waals surface area contributed by atoms with Crippen LogP contribution in [0.3, 0.4) is 0 Å². The number of amides is 1. The van der Waals surface area contributed by atoms with Gasteiger partial charge in [-0.1, -0.05) is 261 Å². The van der Waals surface area contributed by atoms with Gasteiger partial charge in [0.25, 0.3) is 0 Å². The van der Waals surface area contributed by atoms with E-state index in [2.05, 4.69) is 79.9 Å². The van der Waals surface area contributed by atoms with Gasteiger partial charge in [-0.15, -0.1) is 0 Å². The van der Waals surface area contributed by atoms with Crippen LogP contribution < -0.4 is 5.32 Å². The van der Waals surface area contributed by atoms with E-state index in [9.17, 15) is 61.0 Å². The molecule has 3 rings (SSSR count). The number of carbonyl (C=O) groups is 1. The Kier molecular flexibility index (Phi) is 49.6. The molecule has 536 valence electrons. The van der Waals surface area contributed by atoms with Crippen molar-refractivity contribution >= 4 is 5.91 Å². The number of unbranched alkanes of at least 4 members (excludes halogenated alkanes) is 30. The molecule has 3 aliphatic rings. The van der Waals surface area contributed by atoms with Gasteiger partial charge in [-0.2, -0.15) is 0 Å². The SMILES string of the molecule is CC/C=C\C/C=C\C/C=C\C/C=C\C/C=C\CCCCCCCC(=O)NC(COC1OC(CO)C(OC2OC(CO)C(OC3OC(CO)C(O)C(O)C3O)C(O)C2O)C(O)C1O)C(O)CCCCCCCCCCCCCCCCCCCCCCCCCCCC. The van der Waals surface area contributed by atoms with Gasteiger partial charge in [-0.05, 0) is 57.8 Å². The molecule has 0 aromatic heterocycles. The summed E-state index contributed by atoms with van der Waals surface area (Å²) in [5.41, 5.74) is 0. The van der Waals surface area contributed by atoms with Gasteiger partial charge in [0.05, 0.1) is 38.6 Å². The van der Waals surface area contributed by atoms with E-state index < -0.39 is 124 Å². The van der Waals surface area contributed by atoms with Gasteiger partial charge in [-0.25, -0.2) is 0 Å². The van der Waals surface area contributed by atoms with Gasteiger partial charge >= 0.3 is 0 Å². The Labute approximate surface area is 554 Å². The summed E-state index contributed by atoms with van der Waals surface area (Å²) in [6, 6.07) is -0.902. The number of allylic oxidation sites excluding steroid dienone is 10. The molecule has 0 bridgehead atoms. The lowest BCUT2D eigenvalue weighted by molar-refractivity contribution is -0.379. The molecule has 12 N–H and O–H groups in total. The third kappa shape index (κ3) is 35.7. The second kappa shape index (κ2) is 54.5. The van der Waals surface area contributed by atoms with Gasteiger partial charge in [0.1, 0.15) is 73.2 Å². The molecule has 19 nitrogen and oxygen atoms in total. The topological polar surface area (TPSA) is 307 Å². The molecule has 17 atom stereocenters. The zero-order valence-electron chi connectivity index (χ0n) is 56.8. The van der Waals surface area contributed by atoms with Gasteiger partial charge in [0, 0.05) is 6.42 Å². The summed E-state index contributed by atoms with van der Waals surface area (Å²) in [5, 5.41) is 121. The minimum absolute atomic E-state index is 0.242. The van der Waals surface area contributed by atoms with Gasteiger partial charge in [0.15, 0.2) is 18.9 Å². The fourth-order valence-corrected chi connectivity index (χ4v) is 12.2. The fourth-order valence-electron chi connectivity index (χ4n) is 12.2. The number of ether oxygens (including phenoxy) is 6. The summed E-state index contributed by atoms with van der Waals surface area (Å²) >= 11 is 0. The molecule has 0 spiro atoms. The molecule has 17 unspecified atom stereocenters. The molecular weight excluding hydrogens is 1180 g/mol. The zero-order chi connectivity index (χ0) is 66.8. The normalized spacial score (nSPS) is 28.0. The molecule has 0 aromatic carbocycles. The first-order valence-corrected chi connectivity index (χ1v) is 36.5. The quantitative estimate of drug-likeness (QED) is 0.0199. The van der Waals surface area contributed by atoms with Crippen molar-refractivity contribution in [2.75, 3.05) is 26.4 Å². The van der Waals surface area contributed by atoms with E-state index >= 15 is 0 Å². The summed E-state index contributed by atoms with van der Waals surface area (Å²) in [6.07, 6.45) is 40.1. The Morgan fingerprint density at radius 1 is 0.402 bits per heavy atom. The number of aliphatic hydroxyl groups excluding tert-OH is 11. The highest BCUT2D eigenvalue weighted by atomic mass is 16.8. The Morgan fingerprint density at radius 2 is 0.750 bits per heavy atom. The van der Waals surface area contributed by atoms with E-state index in [0.717, 1.165) is 89.9 Å². The molecule has 3 fully saturated rings. The van der Waals surface area contributed by atoms with Gasteiger partial charge < -0.3 is 89.9 Å². The van der Waals surface area contributed by atoms with Crippen molar-refractivity contribution in [3.8, 4) is 0 Å². The fraction of sp³-hybridized carbons (Fsp3) is 0.849. The van der Waals surface area contributed by atoms with Crippen LogP contribution in [0.25, 0.3) is 0 Å². The van der Waals surface area contributed by atoms with Crippen LogP contribution in [0.15, 0.2) is 60.8 Å². The van der Waals surface area contributed by atoms with Crippen LogP contribution in [0.4, 0.5) is 0 Å². The molecule has 0 saturated carbocycles. The van der Waals surface area contributed by atoms with Gasteiger partial charge in [0.2, 0.25) is 5.91 Å². The summed E-state index contributed by atoms with van der Waals surface area (Å²) in [5.74, 6) is -0.261. The van der Waals surface area contributed by atoms with Crippen LogP contribution in [-0.2, 0) is 33.2 Å². The second-order valence-electron chi connectivity index (χ2n) is 26.0. The Hall–Kier alpha value is -2.51. The summed E-state index contributed by atoms with van der Waals surface area (Å²) in [7, 11) is 0. The third-order valence-electron chi connectivity index (χ3n) is 18.1. The first-order chi connectivity index (χ1) is 44.8. The van der Waals surface area contributed by atoms with E-state index in [4.69, 9.17) is 28.4 Å². The van der Waals surface area contributed by atoms with Gasteiger partial charge in [-0.3, -0.25) is 4.79 Å². The van der Waals surface area contributed by atoms with Crippen LogP contribution in [0, 0.1) is 0 Å². The van der Waals surface area contributed by atoms with Crippen molar-refractivity contribution in [2.45, 2.75) is 369 Å². The Balaban J connectivity index is 1.42. The molecule has 0 aliphatic carbocycles. The van der Waals surface area contributed by atoms with E-state index in [1.807, 2.05) is 0 Å². The number of nitrogens with one attached hydrogen (secondary N) is 1. The maximum absolute atomic E-state index is 13.4. The monoisotopic (exact) mass is 1310 g/mol. The van der Waals surface area contributed by atoms with Crippen LogP contribution in [0.1, 0.15) is 264 Å². The van der Waals surface area contributed by atoms with Crippen molar-refractivity contribution < 1.29 is 89.4 Å². The predicted molar refractivity (Wildman–Crippen MR) is 360 cm³/mol. The average molecular weight is 1310 g/mol. The summed E-state index contributed by atoms with van der Waals surface area (Å²) < 4.78 is 34.4. The van der Waals surface area contributed by atoms with E-state index in [-0.39, 0.29) is 18.9 Å². The lowest BCUT2D eigenvalue weighted by Crippen LogP contribution is -2.66. The van der Waals surface area contributed by atoms with Crippen LogP contribution in [-0.4, -0.2) is 193 Å². The predicted octanol–water partition coefficient (Wildman–Crippen LogP) is 10.3. The van der Waals surface area contributed by atoms with Crippen LogP contribution in [0.5, 0.6) is 0 Å². The summed E-state index contributed by atoms with van der Waals surface area (Å²) in [6.45, 7) is 1.69. The van der Waals surface area contributed by atoms with Crippen molar-refractivity contribution in [1.29, 1.82) is 0 Å². The van der Waals surface area contributed by atoms with Crippen molar-refractivity contribution in [1.82, 2.24) is 5.32 Å². The maximum atomic E-state index is 13.4. The highest BCUT2D eigenvalue weighted by Gasteiger charge is 2.53. The molecule has 0 aromatic rings. The molecule has 1 amide bonds. The van der Waals surface area contributed by atoms with Crippen molar-refractivity contribution in [3.63, 3.8) is 0 Å². The number of hydrogen-bond donors (Lipinski definition) is 12. The number of aliphatic hydroxyl groups is 11. The highest BCUT2D eigenvalue weighted by Crippen LogP contribution is 2.33. The lowest BCUT2D eigenvalue weighted by Gasteiger charge is -2.48. The molecule has 3 heterocycles. The first kappa shape index (κ1) is 83.7. The molecular formula is C73H131NO18. The standard InChI is InChI=1S/C73H131NO18/c1-3-5-7-9-11-13-15-17-19-21-23-25-26-27-28-29-31-32-34-36-38-40-42-44-46-48-50-57(78)56(74-61(79)51-49-47-45-43-41-39-37-35-33-30-24-22-20-18-16-14-12-10-8-6-4-2)55-87-71-67(85)64(82)69(59(53-76)89-71)92-73-68(86)65(83)70(60(54-77)90-73)91-72-66(84)63(81)62(80)58(52-75)88-72/h6,8,12,14,18,20,24,30,35,37,56-60,62-73,75-78,80-86H,3-5,7,9-11,13,15-17,19,21-23,25-29,31-34,36,38-55H2,1-2H3,(H,74,79)/b8-6-,14-12-,20-18-,30-24-,37-35-. The number of rotatable bonds is 56. The molecule has 0 radical (unpaired) electrons. The molecule has 3 aliphatic heterocycles. The van der Waals surface area contributed by atoms with Crippen LogP contribution >= 0.6 is 0 Å². The van der Waals surface area contributed by atoms with E-state index in [0.29, 0.717) is 12.8 Å². The number of carbonyl (C=O) groups excluding carboxylic acids is 1. The third-order valence-corrected chi connectivity index (χ3v) is 18.1.